The number of aryl methyl sites for hydroxylation is 2. The van der Waals surface area contributed by atoms with Gasteiger partial charge in [-0.3, -0.25) is 4.79 Å². The van der Waals surface area contributed by atoms with E-state index in [1.165, 1.54) is 0 Å². The van der Waals surface area contributed by atoms with Crippen molar-refractivity contribution in [3.05, 3.63) is 47.3 Å². The topological polar surface area (TPSA) is 66.9 Å². The molecule has 0 aliphatic heterocycles. The van der Waals surface area contributed by atoms with Gasteiger partial charge in [-0.2, -0.15) is 0 Å². The van der Waals surface area contributed by atoms with E-state index in [9.17, 15) is 4.79 Å². The Labute approximate surface area is 137 Å². The first-order chi connectivity index (χ1) is 10.8. The number of carbonyl (C=O) groups excluding carboxylic acids is 1. The molecule has 1 aromatic carbocycles. The third-order valence-corrected chi connectivity index (χ3v) is 3.38. The Balaban J connectivity index is 2.16. The zero-order valence-electron chi connectivity index (χ0n) is 14.4. The summed E-state index contributed by atoms with van der Waals surface area (Å²) in [6.07, 6.45) is 3.95. The van der Waals surface area contributed by atoms with Gasteiger partial charge in [0.2, 0.25) is 5.95 Å². The Morgan fingerprint density at radius 1 is 1.17 bits per heavy atom. The van der Waals surface area contributed by atoms with E-state index in [4.69, 9.17) is 0 Å². The molecular weight excluding hydrogens is 288 g/mol. The van der Waals surface area contributed by atoms with Crippen LogP contribution in [0.1, 0.15) is 49.2 Å². The standard InChI is InChI=1S/C18H24N4O/c1-6-13-9-7-8-12(2)15(13)21-16(23)14-10-19-17(20-11-14)22-18(3,4)5/h7-11H,6H2,1-5H3,(H,21,23)(H,19,20,22). The van der Waals surface area contributed by atoms with E-state index in [2.05, 4.69) is 27.5 Å². The zero-order valence-corrected chi connectivity index (χ0v) is 14.4. The van der Waals surface area contributed by atoms with Gasteiger partial charge in [0.1, 0.15) is 0 Å². The first-order valence-electron chi connectivity index (χ1n) is 7.80. The third-order valence-electron chi connectivity index (χ3n) is 3.38. The third kappa shape index (κ3) is 4.52. The quantitative estimate of drug-likeness (QED) is 0.901. The summed E-state index contributed by atoms with van der Waals surface area (Å²) in [5.41, 5.74) is 3.35. The molecule has 23 heavy (non-hydrogen) atoms. The van der Waals surface area contributed by atoms with Crippen LogP contribution in [0, 0.1) is 6.92 Å². The van der Waals surface area contributed by atoms with E-state index in [1.54, 1.807) is 12.4 Å². The van der Waals surface area contributed by atoms with Crippen molar-refractivity contribution in [2.24, 2.45) is 0 Å². The summed E-state index contributed by atoms with van der Waals surface area (Å²) in [6, 6.07) is 6.01. The van der Waals surface area contributed by atoms with Crippen molar-refractivity contribution in [3.63, 3.8) is 0 Å². The van der Waals surface area contributed by atoms with Gasteiger partial charge in [0, 0.05) is 23.6 Å². The average molecular weight is 312 g/mol. The van der Waals surface area contributed by atoms with Crippen molar-refractivity contribution in [3.8, 4) is 0 Å². The minimum absolute atomic E-state index is 0.124. The van der Waals surface area contributed by atoms with E-state index in [-0.39, 0.29) is 11.4 Å². The molecule has 0 radical (unpaired) electrons. The highest BCUT2D eigenvalue weighted by atomic mass is 16.1. The lowest BCUT2D eigenvalue weighted by molar-refractivity contribution is 0.102. The van der Waals surface area contributed by atoms with Gasteiger partial charge < -0.3 is 10.6 Å². The highest BCUT2D eigenvalue weighted by Crippen LogP contribution is 2.21. The number of anilines is 2. The lowest BCUT2D eigenvalue weighted by Gasteiger charge is -2.20. The second-order valence-corrected chi connectivity index (χ2v) is 6.59. The maximum atomic E-state index is 12.4. The molecule has 0 atom stereocenters. The normalized spacial score (nSPS) is 11.2. The highest BCUT2D eigenvalue weighted by Gasteiger charge is 2.14. The predicted octanol–water partition coefficient (Wildman–Crippen LogP) is 3.81. The van der Waals surface area contributed by atoms with Crippen molar-refractivity contribution < 1.29 is 4.79 Å². The molecule has 0 unspecified atom stereocenters. The number of rotatable bonds is 4. The average Bonchev–Trinajstić information content (AvgIpc) is 2.48. The van der Waals surface area contributed by atoms with E-state index < -0.39 is 0 Å². The molecule has 0 aliphatic rings. The van der Waals surface area contributed by atoms with Crippen molar-refractivity contribution in [2.45, 2.75) is 46.6 Å². The minimum Gasteiger partial charge on any atom is -0.350 e. The Morgan fingerprint density at radius 3 is 2.39 bits per heavy atom. The number of benzene rings is 1. The molecule has 5 heteroatoms. The van der Waals surface area contributed by atoms with Crippen molar-refractivity contribution in [1.29, 1.82) is 0 Å². The Kier molecular flexibility index (Phi) is 4.98. The number of amides is 1. The molecule has 0 fully saturated rings. The fourth-order valence-corrected chi connectivity index (χ4v) is 2.23. The molecule has 122 valence electrons. The predicted molar refractivity (Wildman–Crippen MR) is 93.9 cm³/mol. The smallest absolute Gasteiger partial charge is 0.258 e. The van der Waals surface area contributed by atoms with Crippen molar-refractivity contribution >= 4 is 17.5 Å². The molecule has 1 amide bonds. The van der Waals surface area contributed by atoms with Crippen LogP contribution in [0.2, 0.25) is 0 Å². The summed E-state index contributed by atoms with van der Waals surface area (Å²) >= 11 is 0. The molecule has 1 heterocycles. The van der Waals surface area contributed by atoms with Gasteiger partial charge in [-0.15, -0.1) is 0 Å². The van der Waals surface area contributed by atoms with Gasteiger partial charge >= 0.3 is 0 Å². The number of hydrogen-bond acceptors (Lipinski definition) is 4. The van der Waals surface area contributed by atoms with Gasteiger partial charge in [-0.05, 0) is 45.2 Å². The van der Waals surface area contributed by atoms with Gasteiger partial charge in [0.25, 0.3) is 5.91 Å². The summed E-state index contributed by atoms with van der Waals surface area (Å²) < 4.78 is 0. The Morgan fingerprint density at radius 2 is 1.83 bits per heavy atom. The number of nitrogens with zero attached hydrogens (tertiary/aromatic N) is 2. The van der Waals surface area contributed by atoms with Gasteiger partial charge in [0.15, 0.2) is 0 Å². The van der Waals surface area contributed by atoms with Gasteiger partial charge in [-0.25, -0.2) is 9.97 Å². The monoisotopic (exact) mass is 312 g/mol. The minimum atomic E-state index is -0.198. The molecule has 2 N–H and O–H groups in total. The number of para-hydroxylation sites is 1. The molecular formula is C18H24N4O. The number of aromatic nitrogens is 2. The van der Waals surface area contributed by atoms with E-state index in [0.29, 0.717) is 11.5 Å². The summed E-state index contributed by atoms with van der Waals surface area (Å²) in [6.45, 7) is 10.1. The van der Waals surface area contributed by atoms with Gasteiger partial charge in [-0.1, -0.05) is 25.1 Å². The van der Waals surface area contributed by atoms with Crippen LogP contribution in [0.15, 0.2) is 30.6 Å². The van der Waals surface area contributed by atoms with Crippen molar-refractivity contribution in [2.75, 3.05) is 10.6 Å². The zero-order chi connectivity index (χ0) is 17.0. The molecule has 0 aliphatic carbocycles. The molecule has 0 saturated heterocycles. The van der Waals surface area contributed by atoms with E-state index >= 15 is 0 Å². The Bertz CT molecular complexity index is 687. The largest absolute Gasteiger partial charge is 0.350 e. The van der Waals surface area contributed by atoms with Crippen LogP contribution in [0.4, 0.5) is 11.6 Å². The van der Waals surface area contributed by atoms with Crippen LogP contribution < -0.4 is 10.6 Å². The van der Waals surface area contributed by atoms with E-state index in [1.807, 2.05) is 45.9 Å². The summed E-state index contributed by atoms with van der Waals surface area (Å²) in [4.78, 5) is 20.8. The van der Waals surface area contributed by atoms with Crippen LogP contribution in [0.5, 0.6) is 0 Å². The fraction of sp³-hybridized carbons (Fsp3) is 0.389. The summed E-state index contributed by atoms with van der Waals surface area (Å²) in [5.74, 6) is 0.315. The number of carbonyl (C=O) groups is 1. The molecule has 2 aromatic rings. The number of hydrogen-bond donors (Lipinski definition) is 2. The molecule has 5 nitrogen and oxygen atoms in total. The van der Waals surface area contributed by atoms with Crippen molar-refractivity contribution in [1.82, 2.24) is 9.97 Å². The molecule has 0 spiro atoms. The number of nitrogens with one attached hydrogen (secondary N) is 2. The molecule has 2 rings (SSSR count). The van der Waals surface area contributed by atoms with Crippen LogP contribution in [-0.2, 0) is 6.42 Å². The van der Waals surface area contributed by atoms with Crippen LogP contribution in [0.3, 0.4) is 0 Å². The van der Waals surface area contributed by atoms with Crippen LogP contribution in [-0.4, -0.2) is 21.4 Å². The summed E-state index contributed by atoms with van der Waals surface area (Å²) in [5, 5.41) is 6.14. The second kappa shape index (κ2) is 6.77. The second-order valence-electron chi connectivity index (χ2n) is 6.59. The highest BCUT2D eigenvalue weighted by molar-refractivity contribution is 6.04. The SMILES string of the molecule is CCc1cccc(C)c1NC(=O)c1cnc(NC(C)(C)C)nc1. The maximum absolute atomic E-state index is 12.4. The fourth-order valence-electron chi connectivity index (χ4n) is 2.23. The summed E-state index contributed by atoms with van der Waals surface area (Å²) in [7, 11) is 0. The Hall–Kier alpha value is -2.43. The molecule has 0 bridgehead atoms. The maximum Gasteiger partial charge on any atom is 0.258 e. The lowest BCUT2D eigenvalue weighted by atomic mass is 10.1. The lowest BCUT2D eigenvalue weighted by Crippen LogP contribution is -2.27. The van der Waals surface area contributed by atoms with Crippen LogP contribution >= 0.6 is 0 Å². The van der Waals surface area contributed by atoms with Crippen LogP contribution in [0.25, 0.3) is 0 Å². The van der Waals surface area contributed by atoms with Gasteiger partial charge in [0.05, 0.1) is 5.56 Å². The molecule has 1 aromatic heterocycles. The first-order valence-corrected chi connectivity index (χ1v) is 7.80. The van der Waals surface area contributed by atoms with E-state index in [0.717, 1.165) is 23.2 Å². The first kappa shape index (κ1) is 16.9. The molecule has 0 saturated carbocycles.